The lowest BCUT2D eigenvalue weighted by Gasteiger charge is -2.57. The van der Waals surface area contributed by atoms with E-state index in [9.17, 15) is 13.5 Å². The van der Waals surface area contributed by atoms with Crippen molar-refractivity contribution < 1.29 is 13.5 Å². The molecule has 0 aliphatic carbocycles. The number of sulfonamides is 1. The van der Waals surface area contributed by atoms with E-state index < -0.39 is 10.0 Å². The van der Waals surface area contributed by atoms with Crippen molar-refractivity contribution in [2.24, 2.45) is 0 Å². The van der Waals surface area contributed by atoms with Gasteiger partial charge in [0.25, 0.3) is 0 Å². The second-order valence-electron chi connectivity index (χ2n) is 8.35. The molecule has 0 bridgehead atoms. The zero-order valence-corrected chi connectivity index (χ0v) is 18.0. The topological polar surface area (TPSA) is 60.9 Å². The molecule has 156 valence electrons. The third-order valence-electron chi connectivity index (χ3n) is 6.55. The van der Waals surface area contributed by atoms with E-state index in [2.05, 4.69) is 54.3 Å². The van der Waals surface area contributed by atoms with Gasteiger partial charge in [0, 0.05) is 31.1 Å². The highest BCUT2D eigenvalue weighted by Gasteiger charge is 2.49. The van der Waals surface area contributed by atoms with Gasteiger partial charge in [-0.25, -0.2) is 12.7 Å². The van der Waals surface area contributed by atoms with Crippen molar-refractivity contribution in [3.8, 4) is 11.1 Å². The van der Waals surface area contributed by atoms with Crippen molar-refractivity contribution in [3.63, 3.8) is 0 Å². The van der Waals surface area contributed by atoms with Gasteiger partial charge in [-0.3, -0.25) is 4.90 Å². The Balaban J connectivity index is 1.61. The first kappa shape index (κ1) is 20.5. The summed E-state index contributed by atoms with van der Waals surface area (Å²) >= 11 is 0. The second-order valence-corrected chi connectivity index (χ2v) is 10.3. The minimum atomic E-state index is -3.22. The number of aliphatic hydroxyl groups excluding tert-OH is 1. The third-order valence-corrected chi connectivity index (χ3v) is 7.82. The summed E-state index contributed by atoms with van der Waals surface area (Å²) in [6.07, 6.45) is 3.12. The fraction of sp³-hybridized carbons (Fsp3) is 0.478. The van der Waals surface area contributed by atoms with Gasteiger partial charge >= 0.3 is 0 Å². The molecule has 0 radical (unpaired) electrons. The highest BCUT2D eigenvalue weighted by atomic mass is 32.2. The van der Waals surface area contributed by atoms with Crippen molar-refractivity contribution in [2.45, 2.75) is 37.8 Å². The van der Waals surface area contributed by atoms with Gasteiger partial charge in [-0.2, -0.15) is 0 Å². The Labute approximate surface area is 174 Å². The summed E-state index contributed by atoms with van der Waals surface area (Å²) in [6.45, 7) is 4.22. The summed E-state index contributed by atoms with van der Waals surface area (Å²) in [5, 5.41) is 10.0. The van der Waals surface area contributed by atoms with Gasteiger partial charge in [0.15, 0.2) is 0 Å². The van der Waals surface area contributed by atoms with Crippen molar-refractivity contribution in [3.05, 3.63) is 59.7 Å². The van der Waals surface area contributed by atoms with Gasteiger partial charge < -0.3 is 5.11 Å². The largest absolute Gasteiger partial charge is 0.395 e. The molecule has 2 aromatic carbocycles. The first-order valence-electron chi connectivity index (χ1n) is 10.4. The molecule has 29 heavy (non-hydrogen) atoms. The summed E-state index contributed by atoms with van der Waals surface area (Å²) in [6, 6.07) is 17.1. The van der Waals surface area contributed by atoms with Gasteiger partial charge in [-0.15, -0.1) is 0 Å². The molecular formula is C23H30N2O3S. The van der Waals surface area contributed by atoms with Gasteiger partial charge in [0.1, 0.15) is 0 Å². The molecule has 0 saturated carbocycles. The fourth-order valence-corrected chi connectivity index (χ4v) is 5.88. The zero-order chi connectivity index (χ0) is 20.6. The summed E-state index contributed by atoms with van der Waals surface area (Å²) in [7, 11) is -3.22. The van der Waals surface area contributed by atoms with Crippen LogP contribution in [-0.2, 0) is 10.0 Å². The van der Waals surface area contributed by atoms with Crippen LogP contribution in [0, 0.1) is 6.92 Å². The fourth-order valence-electron chi connectivity index (χ4n) is 4.99. The third kappa shape index (κ3) is 3.99. The standard InChI is InChI=1S/C23H30N2O3S/c1-17-7-3-4-8-20(17)18-9-11-19(12-10-18)23-21-15-24(29(2,27)28)13-5-6-14-25(21)22(23)16-26/h3-4,7-12,21-23,26H,5-6,13-16H2,1-2H3/t21-,22-,23+/m0/s1. The smallest absolute Gasteiger partial charge is 0.211 e. The number of hydrogen-bond acceptors (Lipinski definition) is 4. The molecule has 2 aromatic rings. The molecule has 2 saturated heterocycles. The van der Waals surface area contributed by atoms with E-state index >= 15 is 0 Å². The maximum atomic E-state index is 12.2. The van der Waals surface area contributed by atoms with Crippen LogP contribution in [0.25, 0.3) is 11.1 Å². The van der Waals surface area contributed by atoms with Crippen LogP contribution < -0.4 is 0 Å². The molecule has 2 aliphatic rings. The van der Waals surface area contributed by atoms with E-state index in [4.69, 9.17) is 0 Å². The summed E-state index contributed by atoms with van der Waals surface area (Å²) in [4.78, 5) is 2.30. The Morgan fingerprint density at radius 3 is 2.38 bits per heavy atom. The minimum absolute atomic E-state index is 0.0591. The van der Waals surface area contributed by atoms with E-state index in [1.54, 1.807) is 4.31 Å². The average Bonchev–Trinajstić information content (AvgIpc) is 2.67. The van der Waals surface area contributed by atoms with Crippen molar-refractivity contribution >= 4 is 10.0 Å². The number of fused-ring (bicyclic) bond motifs is 1. The molecule has 4 rings (SSSR count). The van der Waals surface area contributed by atoms with Crippen LogP contribution in [0.15, 0.2) is 48.5 Å². The summed E-state index contributed by atoms with van der Waals surface area (Å²) in [5.41, 5.74) is 4.82. The Morgan fingerprint density at radius 2 is 1.72 bits per heavy atom. The Kier molecular flexibility index (Phi) is 5.80. The first-order valence-corrected chi connectivity index (χ1v) is 12.2. The molecule has 5 nitrogen and oxygen atoms in total. The molecule has 6 heteroatoms. The molecule has 2 heterocycles. The van der Waals surface area contributed by atoms with Crippen LogP contribution in [0.3, 0.4) is 0 Å². The highest BCUT2D eigenvalue weighted by Crippen LogP contribution is 2.42. The molecule has 0 amide bonds. The van der Waals surface area contributed by atoms with E-state index in [-0.39, 0.29) is 24.6 Å². The van der Waals surface area contributed by atoms with Crippen LogP contribution >= 0.6 is 0 Å². The lowest BCUT2D eigenvalue weighted by molar-refractivity contribution is -0.0553. The maximum absolute atomic E-state index is 12.2. The van der Waals surface area contributed by atoms with Crippen LogP contribution in [0.2, 0.25) is 0 Å². The van der Waals surface area contributed by atoms with Crippen molar-refractivity contribution in [1.29, 1.82) is 0 Å². The molecule has 2 aliphatic heterocycles. The normalized spacial score (nSPS) is 26.2. The minimum Gasteiger partial charge on any atom is -0.395 e. The number of nitrogens with zero attached hydrogens (tertiary/aromatic N) is 2. The van der Waals surface area contributed by atoms with E-state index in [0.29, 0.717) is 13.1 Å². The maximum Gasteiger partial charge on any atom is 0.211 e. The number of hydrogen-bond donors (Lipinski definition) is 1. The monoisotopic (exact) mass is 414 g/mol. The van der Waals surface area contributed by atoms with E-state index in [1.807, 2.05) is 6.07 Å². The van der Waals surface area contributed by atoms with Crippen molar-refractivity contribution in [1.82, 2.24) is 9.21 Å². The molecule has 0 spiro atoms. The van der Waals surface area contributed by atoms with E-state index in [1.165, 1.54) is 28.5 Å². The predicted molar refractivity (Wildman–Crippen MR) is 116 cm³/mol. The Bertz CT molecular complexity index is 958. The lowest BCUT2D eigenvalue weighted by atomic mass is 9.74. The molecule has 0 unspecified atom stereocenters. The second kappa shape index (κ2) is 8.19. The SMILES string of the molecule is Cc1ccccc1-c1ccc([C@H]2[C@H](CO)N3CCCCN(S(C)(=O)=O)C[C@@H]23)cc1. The van der Waals surface area contributed by atoms with Crippen LogP contribution in [-0.4, -0.2) is 67.3 Å². The van der Waals surface area contributed by atoms with Gasteiger partial charge in [0.05, 0.1) is 12.9 Å². The molecule has 0 aromatic heterocycles. The van der Waals surface area contributed by atoms with Gasteiger partial charge in [0.2, 0.25) is 10.0 Å². The number of aliphatic hydroxyl groups is 1. The predicted octanol–water partition coefficient (Wildman–Crippen LogP) is 2.85. The van der Waals surface area contributed by atoms with Crippen LogP contribution in [0.4, 0.5) is 0 Å². The van der Waals surface area contributed by atoms with Crippen molar-refractivity contribution in [2.75, 3.05) is 32.5 Å². The lowest BCUT2D eigenvalue weighted by Crippen LogP contribution is -2.67. The average molecular weight is 415 g/mol. The number of benzene rings is 2. The molecule has 2 fully saturated rings. The summed E-state index contributed by atoms with van der Waals surface area (Å²) < 4.78 is 26.0. The molecular weight excluding hydrogens is 384 g/mol. The van der Waals surface area contributed by atoms with Crippen LogP contribution in [0.1, 0.15) is 29.9 Å². The Morgan fingerprint density at radius 1 is 1.03 bits per heavy atom. The summed E-state index contributed by atoms with van der Waals surface area (Å²) in [5.74, 6) is 0.147. The quantitative estimate of drug-likeness (QED) is 0.836. The molecule has 3 atom stereocenters. The van der Waals surface area contributed by atoms with Crippen LogP contribution in [0.5, 0.6) is 0 Å². The van der Waals surface area contributed by atoms with Gasteiger partial charge in [-0.1, -0.05) is 48.5 Å². The Hall–Kier alpha value is -1.73. The molecule has 1 N–H and O–H groups in total. The van der Waals surface area contributed by atoms with E-state index in [0.717, 1.165) is 19.4 Å². The van der Waals surface area contributed by atoms with Gasteiger partial charge in [-0.05, 0) is 48.6 Å². The number of aryl methyl sites for hydroxylation is 1. The first-order chi connectivity index (χ1) is 13.9. The zero-order valence-electron chi connectivity index (χ0n) is 17.2. The highest BCUT2D eigenvalue weighted by molar-refractivity contribution is 7.88. The number of rotatable bonds is 4.